The van der Waals surface area contributed by atoms with E-state index < -0.39 is 52.0 Å². The molecule has 2 rings (SSSR count). The highest BCUT2D eigenvalue weighted by molar-refractivity contribution is 7.60. The van der Waals surface area contributed by atoms with Crippen LogP contribution in [-0.2, 0) is 22.7 Å². The van der Waals surface area contributed by atoms with Crippen molar-refractivity contribution in [3.05, 3.63) is 22.7 Å². The standard InChI is InChI=1S/C10H16FN3O10P2/c1-10(11)7(15)5(4-22-26(20,21)24-25(17,18)19)23-8(10)14-3-2-6(12)13-9(14)16/h2-3,5,7-8,15H,4H2,1H3,(H,20,21)(H2,12,13,16)(H2,17,18,19)/t5-,7?,8-,10-/m1/s1. The van der Waals surface area contributed by atoms with E-state index in [-0.39, 0.29) is 5.82 Å². The van der Waals surface area contributed by atoms with Crippen molar-refractivity contribution < 1.29 is 46.9 Å². The third kappa shape index (κ3) is 4.74. The second kappa shape index (κ2) is 7.08. The number of aliphatic hydroxyl groups excluding tert-OH is 1. The predicted molar refractivity (Wildman–Crippen MR) is 81.2 cm³/mol. The minimum atomic E-state index is -5.34. The smallest absolute Gasteiger partial charge is 0.387 e. The van der Waals surface area contributed by atoms with Gasteiger partial charge in [-0.1, -0.05) is 0 Å². The zero-order chi connectivity index (χ0) is 19.9. The molecule has 1 saturated heterocycles. The minimum Gasteiger partial charge on any atom is -0.387 e. The Bertz CT molecular complexity index is 826. The molecule has 13 nitrogen and oxygen atoms in total. The van der Waals surface area contributed by atoms with Crippen LogP contribution in [0.4, 0.5) is 10.2 Å². The molecule has 148 valence electrons. The second-order valence-electron chi connectivity index (χ2n) is 5.50. The lowest BCUT2D eigenvalue weighted by Gasteiger charge is -2.24. The number of aliphatic hydroxyl groups is 1. The number of nitrogen functional groups attached to an aromatic ring is 1. The first-order valence-electron chi connectivity index (χ1n) is 6.84. The Balaban J connectivity index is 2.17. The van der Waals surface area contributed by atoms with Crippen molar-refractivity contribution in [3.63, 3.8) is 0 Å². The summed E-state index contributed by atoms with van der Waals surface area (Å²) in [5, 5.41) is 10.0. The number of ether oxygens (including phenoxy) is 1. The summed E-state index contributed by atoms with van der Waals surface area (Å²) in [5.41, 5.74) is 1.82. The first-order valence-corrected chi connectivity index (χ1v) is 9.87. The third-order valence-electron chi connectivity index (χ3n) is 3.43. The summed E-state index contributed by atoms with van der Waals surface area (Å²) in [6.45, 7) is -0.0576. The van der Waals surface area contributed by atoms with E-state index in [9.17, 15) is 28.3 Å². The van der Waals surface area contributed by atoms with Gasteiger partial charge in [-0.2, -0.15) is 9.29 Å². The number of rotatable bonds is 6. The predicted octanol–water partition coefficient (Wildman–Crippen LogP) is -0.962. The van der Waals surface area contributed by atoms with Gasteiger partial charge in [0.15, 0.2) is 11.9 Å². The Morgan fingerprint density at radius 2 is 2.08 bits per heavy atom. The molecule has 1 aliphatic rings. The molecular weight excluding hydrogens is 403 g/mol. The van der Waals surface area contributed by atoms with E-state index in [1.54, 1.807) is 0 Å². The van der Waals surface area contributed by atoms with Gasteiger partial charge in [-0.3, -0.25) is 9.09 Å². The zero-order valence-corrected chi connectivity index (χ0v) is 14.9. The van der Waals surface area contributed by atoms with Gasteiger partial charge in [-0.05, 0) is 13.0 Å². The van der Waals surface area contributed by atoms with Crippen molar-refractivity contribution in [1.82, 2.24) is 9.55 Å². The van der Waals surface area contributed by atoms with Gasteiger partial charge in [0.2, 0.25) is 0 Å². The fraction of sp³-hybridized carbons (Fsp3) is 0.600. The van der Waals surface area contributed by atoms with Crippen LogP contribution >= 0.6 is 15.6 Å². The lowest BCUT2D eigenvalue weighted by molar-refractivity contribution is -0.0603. The van der Waals surface area contributed by atoms with Crippen molar-refractivity contribution in [2.45, 2.75) is 31.0 Å². The zero-order valence-electron chi connectivity index (χ0n) is 13.1. The Hall–Kier alpha value is -1.21. The summed E-state index contributed by atoms with van der Waals surface area (Å²) in [7, 11) is -10.6. The molecule has 1 fully saturated rings. The van der Waals surface area contributed by atoms with Crippen LogP contribution in [0.25, 0.3) is 0 Å². The lowest BCUT2D eigenvalue weighted by atomic mass is 9.98. The van der Waals surface area contributed by atoms with Crippen molar-refractivity contribution in [1.29, 1.82) is 0 Å². The van der Waals surface area contributed by atoms with Crippen molar-refractivity contribution >= 4 is 21.5 Å². The maximum Gasteiger partial charge on any atom is 0.481 e. The number of hydrogen-bond donors (Lipinski definition) is 5. The number of halogens is 1. The molecule has 0 saturated carbocycles. The first kappa shape index (κ1) is 21.1. The number of alkyl halides is 1. The van der Waals surface area contributed by atoms with E-state index in [2.05, 4.69) is 13.8 Å². The van der Waals surface area contributed by atoms with E-state index in [0.717, 1.165) is 13.1 Å². The van der Waals surface area contributed by atoms with Crippen molar-refractivity contribution in [2.75, 3.05) is 12.3 Å². The Morgan fingerprint density at radius 1 is 1.46 bits per heavy atom. The molecule has 1 aliphatic heterocycles. The molecule has 16 heteroatoms. The van der Waals surface area contributed by atoms with E-state index in [4.69, 9.17) is 20.3 Å². The second-order valence-corrected chi connectivity index (χ2v) is 8.33. The SMILES string of the molecule is C[C@@]1(F)C(O)[C@@H](COP(=O)(O)OP(=O)(O)O)O[C@H]1n1ccc(N)nc1=O. The molecule has 2 heterocycles. The highest BCUT2D eigenvalue weighted by Crippen LogP contribution is 2.58. The normalized spacial score (nSPS) is 31.7. The fourth-order valence-corrected chi connectivity index (χ4v) is 3.88. The van der Waals surface area contributed by atoms with Crippen LogP contribution in [-0.4, -0.2) is 53.8 Å². The van der Waals surface area contributed by atoms with Gasteiger partial charge in [-0.25, -0.2) is 18.3 Å². The molecule has 0 spiro atoms. The van der Waals surface area contributed by atoms with E-state index in [0.29, 0.717) is 4.57 Å². The maximum absolute atomic E-state index is 14.8. The van der Waals surface area contributed by atoms with Gasteiger partial charge in [0.1, 0.15) is 18.0 Å². The average molecular weight is 419 g/mol. The molecule has 1 aromatic rings. The Morgan fingerprint density at radius 3 is 2.62 bits per heavy atom. The largest absolute Gasteiger partial charge is 0.481 e. The number of nitrogens with zero attached hydrogens (tertiary/aromatic N) is 2. The van der Waals surface area contributed by atoms with E-state index in [1.807, 2.05) is 0 Å². The van der Waals surface area contributed by atoms with Crippen LogP contribution in [0.5, 0.6) is 0 Å². The number of nitrogens with two attached hydrogens (primary N) is 1. The lowest BCUT2D eigenvalue weighted by Crippen LogP contribution is -2.43. The molecule has 1 aromatic heterocycles. The summed E-state index contributed by atoms with van der Waals surface area (Å²) >= 11 is 0. The van der Waals surface area contributed by atoms with Gasteiger partial charge in [0, 0.05) is 6.20 Å². The maximum atomic E-state index is 14.8. The molecule has 0 aliphatic carbocycles. The molecule has 0 aromatic carbocycles. The molecule has 6 N–H and O–H groups in total. The number of phosphoric acid groups is 2. The summed E-state index contributed by atoms with van der Waals surface area (Å²) < 4.78 is 50.6. The molecular formula is C10H16FN3O10P2. The number of hydrogen-bond acceptors (Lipinski definition) is 9. The van der Waals surface area contributed by atoms with Crippen LogP contribution in [0.1, 0.15) is 13.2 Å². The summed E-state index contributed by atoms with van der Waals surface area (Å²) in [6.07, 6.45) is -4.09. The Kier molecular flexibility index (Phi) is 5.74. The topological polar surface area (TPSA) is 204 Å². The van der Waals surface area contributed by atoms with Crippen LogP contribution in [0.3, 0.4) is 0 Å². The molecule has 26 heavy (non-hydrogen) atoms. The van der Waals surface area contributed by atoms with Gasteiger partial charge in [0.25, 0.3) is 0 Å². The van der Waals surface area contributed by atoms with Gasteiger partial charge >= 0.3 is 21.3 Å². The number of aromatic nitrogens is 2. The van der Waals surface area contributed by atoms with E-state index in [1.165, 1.54) is 6.07 Å². The molecule has 0 bridgehead atoms. The summed E-state index contributed by atoms with van der Waals surface area (Å²) in [5.74, 6) is -0.124. The quantitative estimate of drug-likeness (QED) is 0.354. The van der Waals surface area contributed by atoms with Gasteiger partial charge < -0.3 is 30.3 Å². The van der Waals surface area contributed by atoms with Crippen molar-refractivity contribution in [2.24, 2.45) is 0 Å². The molecule has 2 unspecified atom stereocenters. The van der Waals surface area contributed by atoms with Gasteiger partial charge in [-0.15, -0.1) is 0 Å². The summed E-state index contributed by atoms with van der Waals surface area (Å²) in [4.78, 5) is 41.4. The third-order valence-corrected chi connectivity index (χ3v) is 5.58. The number of phosphoric ester groups is 1. The monoisotopic (exact) mass is 419 g/mol. The minimum absolute atomic E-state index is 0.124. The van der Waals surface area contributed by atoms with Gasteiger partial charge in [0.05, 0.1) is 6.61 Å². The van der Waals surface area contributed by atoms with Crippen LogP contribution in [0.15, 0.2) is 17.1 Å². The van der Waals surface area contributed by atoms with Crippen LogP contribution in [0, 0.1) is 0 Å². The van der Waals surface area contributed by atoms with Crippen molar-refractivity contribution in [3.8, 4) is 0 Å². The molecule has 5 atom stereocenters. The average Bonchev–Trinajstić information content (AvgIpc) is 2.66. The highest BCUT2D eigenvalue weighted by atomic mass is 31.3. The number of anilines is 1. The van der Waals surface area contributed by atoms with E-state index >= 15 is 0 Å². The molecule has 0 radical (unpaired) electrons. The summed E-state index contributed by atoms with van der Waals surface area (Å²) in [6, 6.07) is 1.19. The molecule has 0 amide bonds. The Labute approximate surface area is 145 Å². The fourth-order valence-electron chi connectivity index (χ4n) is 2.28. The first-order chi connectivity index (χ1) is 11.7. The highest BCUT2D eigenvalue weighted by Gasteiger charge is 2.55. The van der Waals surface area contributed by atoms with Crippen LogP contribution < -0.4 is 11.4 Å². The van der Waals surface area contributed by atoms with Crippen LogP contribution in [0.2, 0.25) is 0 Å².